The molecule has 3 aromatic rings. The van der Waals surface area contributed by atoms with E-state index in [1.165, 1.54) is 0 Å². The predicted octanol–water partition coefficient (Wildman–Crippen LogP) is 5.14. The molecule has 6 atom stereocenters. The number of carbonyl (C=O) groups is 2. The fourth-order valence-electron chi connectivity index (χ4n) is 7.25. The standard InChI is InChI=1S/C32H35N3O3/c1-17-8-7-10-23-30(37)20(4)19(3)28-26(15-21-16-33-24-11-6-5-9-22(21)24)35-31(38)32(23,28)27-13-12-25(34-27)29(36)18(2)14-17/h5-7,9-14,16-17,23,26,28,30,33-34,37H,8,15H2,1-4H3,(H,35,38)/b10-7+,18-14+/t17-,23-,26-,28-,30+,32+/m0/s1. The second-order valence-electron chi connectivity index (χ2n) is 11.4. The van der Waals surface area contributed by atoms with E-state index in [4.69, 9.17) is 0 Å². The lowest BCUT2D eigenvalue weighted by Crippen LogP contribution is -2.54. The number of benzene rings is 1. The summed E-state index contributed by atoms with van der Waals surface area (Å²) < 4.78 is 0. The van der Waals surface area contributed by atoms with Crippen LogP contribution in [0.2, 0.25) is 0 Å². The average Bonchev–Trinajstić information content (AvgIpc) is 3.61. The van der Waals surface area contributed by atoms with Crippen molar-refractivity contribution in [1.29, 1.82) is 0 Å². The molecule has 6 rings (SSSR count). The van der Waals surface area contributed by atoms with Crippen LogP contribution in [-0.2, 0) is 16.6 Å². The van der Waals surface area contributed by atoms with Gasteiger partial charge in [0.15, 0.2) is 0 Å². The molecule has 1 aliphatic carbocycles. The number of hydrogen-bond acceptors (Lipinski definition) is 3. The summed E-state index contributed by atoms with van der Waals surface area (Å²) >= 11 is 0. The number of nitrogens with one attached hydrogen (secondary N) is 3. The second-order valence-corrected chi connectivity index (χ2v) is 11.4. The van der Waals surface area contributed by atoms with Gasteiger partial charge in [-0.3, -0.25) is 9.59 Å². The molecule has 0 radical (unpaired) electrons. The molecule has 6 nitrogen and oxygen atoms in total. The highest BCUT2D eigenvalue weighted by atomic mass is 16.3. The SMILES string of the molecule is CC1=C(C)[C@H]2[C@H](Cc3c[nH]c4ccccc34)NC(=O)[C@]23c2ccc([nH]2)C(=O)/C(C)=C/[C@@H](C)C/C=C/[C@H]3[C@@H]1O. The highest BCUT2D eigenvalue weighted by Gasteiger charge is 2.64. The molecule has 2 bridgehead atoms. The van der Waals surface area contributed by atoms with Crippen molar-refractivity contribution in [3.63, 3.8) is 0 Å². The van der Waals surface area contributed by atoms with Crippen LogP contribution in [0.4, 0.5) is 0 Å². The maximum absolute atomic E-state index is 14.3. The van der Waals surface area contributed by atoms with Crippen molar-refractivity contribution in [2.24, 2.45) is 17.8 Å². The van der Waals surface area contributed by atoms with E-state index in [9.17, 15) is 14.7 Å². The number of Topliss-reactive ketones (excluding diaryl/α,β-unsaturated/α-hetero) is 1. The van der Waals surface area contributed by atoms with E-state index in [-0.39, 0.29) is 29.6 Å². The Morgan fingerprint density at radius 3 is 2.66 bits per heavy atom. The Labute approximate surface area is 222 Å². The fourth-order valence-corrected chi connectivity index (χ4v) is 7.25. The normalized spacial score (nSPS) is 33.6. The molecule has 1 aromatic carbocycles. The smallest absolute Gasteiger partial charge is 0.233 e. The van der Waals surface area contributed by atoms with Gasteiger partial charge >= 0.3 is 0 Å². The van der Waals surface area contributed by atoms with Gasteiger partial charge in [0, 0.05) is 40.7 Å². The van der Waals surface area contributed by atoms with Crippen LogP contribution in [-0.4, -0.2) is 38.9 Å². The number of aromatic nitrogens is 2. The summed E-state index contributed by atoms with van der Waals surface area (Å²) in [5, 5.41) is 16.1. The van der Waals surface area contributed by atoms with Crippen LogP contribution >= 0.6 is 0 Å². The molecule has 3 aliphatic rings. The zero-order chi connectivity index (χ0) is 26.8. The number of rotatable bonds is 2. The van der Waals surface area contributed by atoms with Crippen LogP contribution in [0, 0.1) is 17.8 Å². The summed E-state index contributed by atoms with van der Waals surface area (Å²) in [6.07, 6.45) is 8.73. The van der Waals surface area contributed by atoms with Crippen molar-refractivity contribution < 1.29 is 14.7 Å². The van der Waals surface area contributed by atoms with Gasteiger partial charge in [-0.2, -0.15) is 0 Å². The Hall–Kier alpha value is -3.64. The lowest BCUT2D eigenvalue weighted by atomic mass is 9.55. The van der Waals surface area contributed by atoms with Crippen molar-refractivity contribution in [1.82, 2.24) is 15.3 Å². The first-order valence-corrected chi connectivity index (χ1v) is 13.5. The average molecular weight is 510 g/mol. The Morgan fingerprint density at radius 1 is 1.05 bits per heavy atom. The second kappa shape index (κ2) is 8.98. The first-order valence-electron chi connectivity index (χ1n) is 13.5. The Morgan fingerprint density at radius 2 is 1.84 bits per heavy atom. The first-order chi connectivity index (χ1) is 18.2. The number of aliphatic hydroxyl groups excluding tert-OH is 1. The minimum atomic E-state index is -1.06. The number of aliphatic hydroxyl groups is 1. The van der Waals surface area contributed by atoms with E-state index < -0.39 is 17.4 Å². The Balaban J connectivity index is 1.54. The topological polar surface area (TPSA) is 98.0 Å². The fraction of sp³-hybridized carbons (Fsp3) is 0.375. The van der Waals surface area contributed by atoms with Gasteiger partial charge in [0.05, 0.1) is 11.8 Å². The minimum Gasteiger partial charge on any atom is -0.388 e. The molecule has 2 aromatic heterocycles. The highest BCUT2D eigenvalue weighted by Crippen LogP contribution is 2.55. The van der Waals surface area contributed by atoms with Crippen LogP contribution in [0.1, 0.15) is 55.9 Å². The van der Waals surface area contributed by atoms with Gasteiger partial charge in [-0.1, -0.05) is 48.9 Å². The van der Waals surface area contributed by atoms with Gasteiger partial charge in [-0.25, -0.2) is 0 Å². The van der Waals surface area contributed by atoms with Gasteiger partial charge in [-0.05, 0) is 74.4 Å². The molecule has 1 fully saturated rings. The summed E-state index contributed by atoms with van der Waals surface area (Å²) in [5.74, 6) is -0.679. The molecule has 4 N–H and O–H groups in total. The van der Waals surface area contributed by atoms with Crippen molar-refractivity contribution in [2.75, 3.05) is 0 Å². The molecular weight excluding hydrogens is 474 g/mol. The predicted molar refractivity (Wildman–Crippen MR) is 149 cm³/mol. The van der Waals surface area contributed by atoms with Gasteiger partial charge in [0.2, 0.25) is 11.7 Å². The highest BCUT2D eigenvalue weighted by molar-refractivity contribution is 6.07. The Kier molecular flexibility index (Phi) is 5.84. The number of aromatic amines is 2. The van der Waals surface area contributed by atoms with E-state index in [1.807, 2.05) is 57.3 Å². The maximum atomic E-state index is 14.3. The number of carbonyl (C=O) groups excluding carboxylic acids is 2. The molecular formula is C32H35N3O3. The number of allylic oxidation sites excluding steroid dienone is 3. The summed E-state index contributed by atoms with van der Waals surface area (Å²) in [7, 11) is 0. The molecule has 1 spiro atoms. The first kappa shape index (κ1) is 24.7. The van der Waals surface area contributed by atoms with Crippen LogP contribution < -0.4 is 5.32 Å². The molecule has 6 heteroatoms. The number of amides is 1. The van der Waals surface area contributed by atoms with Gasteiger partial charge < -0.3 is 20.4 Å². The molecule has 0 unspecified atom stereocenters. The van der Waals surface area contributed by atoms with E-state index in [1.54, 1.807) is 6.07 Å². The third kappa shape index (κ3) is 3.50. The van der Waals surface area contributed by atoms with Crippen LogP contribution in [0.5, 0.6) is 0 Å². The van der Waals surface area contributed by atoms with E-state index in [0.29, 0.717) is 23.4 Å². The largest absolute Gasteiger partial charge is 0.388 e. The van der Waals surface area contributed by atoms with Crippen LogP contribution in [0.3, 0.4) is 0 Å². The van der Waals surface area contributed by atoms with E-state index in [2.05, 4.69) is 40.4 Å². The number of para-hydroxylation sites is 1. The molecule has 2 aliphatic heterocycles. The van der Waals surface area contributed by atoms with E-state index in [0.717, 1.165) is 34.0 Å². The molecule has 4 heterocycles. The van der Waals surface area contributed by atoms with E-state index >= 15 is 0 Å². The van der Waals surface area contributed by atoms with Crippen molar-refractivity contribution in [3.8, 4) is 0 Å². The van der Waals surface area contributed by atoms with Gasteiger partial charge in [0.1, 0.15) is 5.41 Å². The summed E-state index contributed by atoms with van der Waals surface area (Å²) in [4.78, 5) is 34.3. The van der Waals surface area contributed by atoms with Gasteiger partial charge in [-0.15, -0.1) is 0 Å². The summed E-state index contributed by atoms with van der Waals surface area (Å²) in [5.41, 5.74) is 4.96. The van der Waals surface area contributed by atoms with Gasteiger partial charge in [0.25, 0.3) is 0 Å². The minimum absolute atomic E-state index is 0.0642. The molecule has 1 saturated heterocycles. The number of H-pyrrole nitrogens is 2. The lowest BCUT2D eigenvalue weighted by Gasteiger charge is -2.46. The quantitative estimate of drug-likeness (QED) is 0.360. The van der Waals surface area contributed by atoms with Crippen LogP contribution in [0.25, 0.3) is 10.9 Å². The summed E-state index contributed by atoms with van der Waals surface area (Å²) in [6, 6.07) is 11.7. The monoisotopic (exact) mass is 509 g/mol. The van der Waals surface area contributed by atoms with Crippen LogP contribution in [0.15, 0.2) is 77.5 Å². The molecule has 196 valence electrons. The lowest BCUT2D eigenvalue weighted by molar-refractivity contribution is -0.127. The summed E-state index contributed by atoms with van der Waals surface area (Å²) in [6.45, 7) is 7.96. The van der Waals surface area contributed by atoms with Crippen molar-refractivity contribution in [3.05, 3.63) is 94.5 Å². The number of hydrogen-bond donors (Lipinski definition) is 4. The third-order valence-corrected chi connectivity index (χ3v) is 9.22. The Bertz CT molecular complexity index is 1540. The van der Waals surface area contributed by atoms with Crippen molar-refractivity contribution in [2.45, 2.75) is 58.1 Å². The van der Waals surface area contributed by atoms with Crippen molar-refractivity contribution >= 4 is 22.6 Å². The molecule has 38 heavy (non-hydrogen) atoms. The molecule has 1 amide bonds. The zero-order valence-electron chi connectivity index (χ0n) is 22.3. The molecule has 0 saturated carbocycles. The third-order valence-electron chi connectivity index (χ3n) is 9.22. The maximum Gasteiger partial charge on any atom is 0.233 e. The number of ketones is 1. The number of fused-ring (bicyclic) bond motifs is 3. The zero-order valence-corrected chi connectivity index (χ0v) is 22.3.